The molecule has 3 aliphatic heterocycles. The number of aryl methyl sites for hydroxylation is 1. The van der Waals surface area contributed by atoms with Gasteiger partial charge in [0.05, 0.1) is 0 Å². The third kappa shape index (κ3) is 2.81. The van der Waals surface area contributed by atoms with E-state index in [1.165, 1.54) is 25.9 Å². The van der Waals surface area contributed by atoms with E-state index in [0.29, 0.717) is 6.04 Å². The zero-order valence-electron chi connectivity index (χ0n) is 11.8. The van der Waals surface area contributed by atoms with E-state index in [1.807, 2.05) is 13.0 Å². The van der Waals surface area contributed by atoms with Crippen LogP contribution in [-0.2, 0) is 0 Å². The van der Waals surface area contributed by atoms with Crippen molar-refractivity contribution in [1.82, 2.24) is 14.9 Å². The summed E-state index contributed by atoms with van der Waals surface area (Å²) in [4.78, 5) is 11.5. The fraction of sp³-hybridized carbons (Fsp3) is 0.714. The normalized spacial score (nSPS) is 29.3. The zero-order valence-corrected chi connectivity index (χ0v) is 11.8. The van der Waals surface area contributed by atoms with Crippen molar-refractivity contribution >= 4 is 11.6 Å². The molecular formula is C14H23N5. The monoisotopic (exact) mass is 261 g/mol. The van der Waals surface area contributed by atoms with Gasteiger partial charge in [-0.3, -0.25) is 0 Å². The molecule has 104 valence electrons. The summed E-state index contributed by atoms with van der Waals surface area (Å²) in [6.07, 6.45) is 2.64. The summed E-state index contributed by atoms with van der Waals surface area (Å²) in [6.45, 7) is 8.61. The number of piperidine rings is 3. The summed E-state index contributed by atoms with van der Waals surface area (Å²) < 4.78 is 0. The average Bonchev–Trinajstić information content (AvgIpc) is 2.39. The molecule has 3 aliphatic rings. The van der Waals surface area contributed by atoms with Gasteiger partial charge in [-0.2, -0.15) is 0 Å². The van der Waals surface area contributed by atoms with Crippen LogP contribution in [0.2, 0.25) is 0 Å². The van der Waals surface area contributed by atoms with Crippen LogP contribution in [0.3, 0.4) is 0 Å². The maximum atomic E-state index is 4.51. The van der Waals surface area contributed by atoms with Crippen LogP contribution < -0.4 is 10.6 Å². The van der Waals surface area contributed by atoms with Crippen LogP contribution in [-0.4, -0.2) is 47.1 Å². The highest BCUT2D eigenvalue weighted by atomic mass is 15.2. The van der Waals surface area contributed by atoms with Crippen molar-refractivity contribution in [1.29, 1.82) is 0 Å². The molecule has 1 aromatic heterocycles. The van der Waals surface area contributed by atoms with Gasteiger partial charge in [-0.1, -0.05) is 0 Å². The van der Waals surface area contributed by atoms with E-state index in [9.17, 15) is 0 Å². The Morgan fingerprint density at radius 1 is 1.26 bits per heavy atom. The standard InChI is InChI=1S/C14H23N5/c1-3-15-13-8-14(17-10(2)16-13)18-12-9-19-6-4-11(12)5-7-19/h8,11-12H,3-7,9H2,1-2H3,(H2,15,16,17,18). The third-order valence-electron chi connectivity index (χ3n) is 4.19. The highest BCUT2D eigenvalue weighted by molar-refractivity contribution is 5.48. The molecule has 19 heavy (non-hydrogen) atoms. The largest absolute Gasteiger partial charge is 0.370 e. The van der Waals surface area contributed by atoms with Gasteiger partial charge in [0.2, 0.25) is 0 Å². The molecule has 1 atom stereocenters. The minimum atomic E-state index is 0.547. The van der Waals surface area contributed by atoms with Gasteiger partial charge >= 0.3 is 0 Å². The molecule has 4 heterocycles. The van der Waals surface area contributed by atoms with E-state index in [1.54, 1.807) is 0 Å². The van der Waals surface area contributed by atoms with E-state index < -0.39 is 0 Å². The molecule has 0 aromatic carbocycles. The van der Waals surface area contributed by atoms with Crippen LogP contribution >= 0.6 is 0 Å². The van der Waals surface area contributed by atoms with Crippen LogP contribution in [0.1, 0.15) is 25.6 Å². The van der Waals surface area contributed by atoms with Crippen molar-refractivity contribution in [2.24, 2.45) is 5.92 Å². The fourth-order valence-corrected chi connectivity index (χ4v) is 3.23. The third-order valence-corrected chi connectivity index (χ3v) is 4.19. The summed E-state index contributed by atoms with van der Waals surface area (Å²) >= 11 is 0. The second-order valence-corrected chi connectivity index (χ2v) is 5.60. The van der Waals surface area contributed by atoms with E-state index in [-0.39, 0.29) is 0 Å². The summed E-state index contributed by atoms with van der Waals surface area (Å²) in [5.74, 6) is 3.51. The van der Waals surface area contributed by atoms with Gasteiger partial charge in [0.1, 0.15) is 17.5 Å². The molecule has 5 heteroatoms. The lowest BCUT2D eigenvalue weighted by Gasteiger charge is -2.45. The number of hydrogen-bond acceptors (Lipinski definition) is 5. The van der Waals surface area contributed by atoms with Crippen LogP contribution in [0.25, 0.3) is 0 Å². The molecule has 3 fully saturated rings. The highest BCUT2D eigenvalue weighted by Crippen LogP contribution is 2.29. The Morgan fingerprint density at radius 2 is 2.00 bits per heavy atom. The predicted molar refractivity (Wildman–Crippen MR) is 77.5 cm³/mol. The zero-order chi connectivity index (χ0) is 13.2. The van der Waals surface area contributed by atoms with Crippen molar-refractivity contribution < 1.29 is 0 Å². The first kappa shape index (κ1) is 12.7. The molecule has 2 N–H and O–H groups in total. The molecule has 1 aromatic rings. The first-order chi connectivity index (χ1) is 9.24. The summed E-state index contributed by atoms with van der Waals surface area (Å²) in [5, 5.41) is 6.88. The molecule has 2 bridgehead atoms. The molecular weight excluding hydrogens is 238 g/mol. The lowest BCUT2D eigenvalue weighted by atomic mass is 9.84. The lowest BCUT2D eigenvalue weighted by molar-refractivity contribution is 0.0974. The minimum absolute atomic E-state index is 0.547. The Labute approximate surface area is 114 Å². The Hall–Kier alpha value is -1.36. The molecule has 0 spiro atoms. The second-order valence-electron chi connectivity index (χ2n) is 5.60. The lowest BCUT2D eigenvalue weighted by Crippen LogP contribution is -2.53. The van der Waals surface area contributed by atoms with Gasteiger partial charge in [-0.25, -0.2) is 9.97 Å². The summed E-state index contributed by atoms with van der Waals surface area (Å²) in [6, 6.07) is 2.57. The molecule has 5 nitrogen and oxygen atoms in total. The maximum Gasteiger partial charge on any atom is 0.132 e. The number of fused-ring (bicyclic) bond motifs is 3. The smallest absolute Gasteiger partial charge is 0.132 e. The molecule has 4 rings (SSSR count). The van der Waals surface area contributed by atoms with E-state index in [4.69, 9.17) is 0 Å². The quantitative estimate of drug-likeness (QED) is 0.864. The van der Waals surface area contributed by atoms with Crippen molar-refractivity contribution in [2.45, 2.75) is 32.7 Å². The SMILES string of the molecule is CCNc1cc(NC2CN3CCC2CC3)nc(C)n1. The van der Waals surface area contributed by atoms with E-state index >= 15 is 0 Å². The van der Waals surface area contributed by atoms with Crippen LogP contribution in [0.15, 0.2) is 6.07 Å². The Kier molecular flexibility index (Phi) is 3.55. The fourth-order valence-electron chi connectivity index (χ4n) is 3.23. The van der Waals surface area contributed by atoms with Crippen molar-refractivity contribution in [3.05, 3.63) is 11.9 Å². The van der Waals surface area contributed by atoms with E-state index in [2.05, 4.69) is 32.4 Å². The predicted octanol–water partition coefficient (Wildman–Crippen LogP) is 1.72. The van der Waals surface area contributed by atoms with Crippen LogP contribution in [0.4, 0.5) is 11.6 Å². The van der Waals surface area contributed by atoms with Gasteiger partial charge in [0.25, 0.3) is 0 Å². The number of rotatable bonds is 4. The topological polar surface area (TPSA) is 53.1 Å². The van der Waals surface area contributed by atoms with Gasteiger partial charge in [-0.15, -0.1) is 0 Å². The summed E-state index contributed by atoms with van der Waals surface area (Å²) in [7, 11) is 0. The van der Waals surface area contributed by atoms with Gasteiger partial charge in [-0.05, 0) is 45.7 Å². The van der Waals surface area contributed by atoms with Crippen molar-refractivity contribution in [3.8, 4) is 0 Å². The molecule has 3 saturated heterocycles. The Bertz CT molecular complexity index is 439. The van der Waals surface area contributed by atoms with Crippen LogP contribution in [0.5, 0.6) is 0 Å². The van der Waals surface area contributed by atoms with Gasteiger partial charge < -0.3 is 15.5 Å². The molecule has 0 radical (unpaired) electrons. The molecule has 0 amide bonds. The van der Waals surface area contributed by atoms with Crippen LogP contribution in [0, 0.1) is 12.8 Å². The Morgan fingerprint density at radius 3 is 2.63 bits per heavy atom. The minimum Gasteiger partial charge on any atom is -0.370 e. The van der Waals surface area contributed by atoms with Gasteiger partial charge in [0.15, 0.2) is 0 Å². The number of nitrogens with zero attached hydrogens (tertiary/aromatic N) is 3. The first-order valence-electron chi connectivity index (χ1n) is 7.33. The summed E-state index contributed by atoms with van der Waals surface area (Å²) in [5.41, 5.74) is 0. The maximum absolute atomic E-state index is 4.51. The van der Waals surface area contributed by atoms with Crippen molar-refractivity contribution in [3.63, 3.8) is 0 Å². The highest BCUT2D eigenvalue weighted by Gasteiger charge is 2.34. The average molecular weight is 261 g/mol. The Balaban J connectivity index is 1.72. The molecule has 0 saturated carbocycles. The molecule has 0 aliphatic carbocycles. The number of anilines is 2. The number of nitrogens with one attached hydrogen (secondary N) is 2. The number of aromatic nitrogens is 2. The van der Waals surface area contributed by atoms with Gasteiger partial charge in [0, 0.05) is 25.2 Å². The van der Waals surface area contributed by atoms with Crippen molar-refractivity contribution in [2.75, 3.05) is 36.8 Å². The second kappa shape index (κ2) is 5.33. The van der Waals surface area contributed by atoms with E-state index in [0.717, 1.165) is 36.5 Å². The first-order valence-corrected chi connectivity index (χ1v) is 7.33. The molecule has 1 unspecified atom stereocenters. The number of hydrogen-bond donors (Lipinski definition) is 2.